The van der Waals surface area contributed by atoms with Crippen molar-refractivity contribution in [3.8, 4) is 0 Å². The number of aromatic amines is 1. The first kappa shape index (κ1) is 12.2. The fourth-order valence-electron chi connectivity index (χ4n) is 2.73. The lowest BCUT2D eigenvalue weighted by molar-refractivity contribution is 0.0861. The standard InChI is InChI=1S/C14H23N3O/c1-2-13(14-5-6-15-16-14)10-17(7-1)8-9-18-11-12-3-4-12/h5-6,12-13H,1-4,7-11H2,(H,15,16). The van der Waals surface area contributed by atoms with Crippen LogP contribution in [0.15, 0.2) is 12.3 Å². The average Bonchev–Trinajstić information content (AvgIpc) is 3.06. The molecule has 0 bridgehead atoms. The van der Waals surface area contributed by atoms with E-state index in [1.165, 1.54) is 37.9 Å². The summed E-state index contributed by atoms with van der Waals surface area (Å²) in [7, 11) is 0. The minimum atomic E-state index is 0.629. The Kier molecular flexibility index (Phi) is 3.96. The van der Waals surface area contributed by atoms with Crippen molar-refractivity contribution >= 4 is 0 Å². The maximum Gasteiger partial charge on any atom is 0.0593 e. The van der Waals surface area contributed by atoms with Crippen molar-refractivity contribution in [3.05, 3.63) is 18.0 Å². The summed E-state index contributed by atoms with van der Waals surface area (Å²) in [5.74, 6) is 1.51. The van der Waals surface area contributed by atoms with E-state index in [4.69, 9.17) is 4.74 Å². The highest BCUT2D eigenvalue weighted by Gasteiger charge is 2.23. The van der Waals surface area contributed by atoms with E-state index in [1.54, 1.807) is 0 Å². The van der Waals surface area contributed by atoms with Gasteiger partial charge in [0.05, 0.1) is 6.61 Å². The highest BCUT2D eigenvalue weighted by molar-refractivity contribution is 5.07. The summed E-state index contributed by atoms with van der Waals surface area (Å²) >= 11 is 0. The number of rotatable bonds is 6. The van der Waals surface area contributed by atoms with E-state index >= 15 is 0 Å². The van der Waals surface area contributed by atoms with Crippen LogP contribution in [0.4, 0.5) is 0 Å². The Hall–Kier alpha value is -0.870. The molecule has 1 N–H and O–H groups in total. The Morgan fingerprint density at radius 3 is 3.11 bits per heavy atom. The second-order valence-corrected chi connectivity index (χ2v) is 5.67. The molecule has 4 heteroatoms. The molecule has 2 aliphatic rings. The Morgan fingerprint density at radius 2 is 2.33 bits per heavy atom. The lowest BCUT2D eigenvalue weighted by Gasteiger charge is -2.32. The van der Waals surface area contributed by atoms with Crippen LogP contribution in [0.5, 0.6) is 0 Å². The van der Waals surface area contributed by atoms with Crippen LogP contribution in [-0.2, 0) is 4.74 Å². The SMILES string of the molecule is c1cc(C2CCCN(CCOCC3CC3)C2)[nH]n1. The minimum Gasteiger partial charge on any atom is -0.380 e. The number of H-pyrrole nitrogens is 1. The molecule has 2 fully saturated rings. The number of nitrogens with one attached hydrogen (secondary N) is 1. The highest BCUT2D eigenvalue weighted by atomic mass is 16.5. The quantitative estimate of drug-likeness (QED) is 0.784. The molecule has 0 radical (unpaired) electrons. The van der Waals surface area contributed by atoms with Gasteiger partial charge in [-0.1, -0.05) is 0 Å². The average molecular weight is 249 g/mol. The Morgan fingerprint density at radius 1 is 1.39 bits per heavy atom. The number of likely N-dealkylation sites (tertiary alicyclic amines) is 1. The third-order valence-corrected chi connectivity index (χ3v) is 4.07. The second kappa shape index (κ2) is 5.85. The number of ether oxygens (including phenoxy) is 1. The van der Waals surface area contributed by atoms with E-state index < -0.39 is 0 Å². The van der Waals surface area contributed by atoms with Crippen LogP contribution in [0.25, 0.3) is 0 Å². The molecule has 1 aliphatic carbocycles. The number of aromatic nitrogens is 2. The van der Waals surface area contributed by atoms with Gasteiger partial charge in [0.15, 0.2) is 0 Å². The van der Waals surface area contributed by atoms with Gasteiger partial charge in [0.1, 0.15) is 0 Å². The molecular weight excluding hydrogens is 226 g/mol. The van der Waals surface area contributed by atoms with Gasteiger partial charge in [0.25, 0.3) is 0 Å². The van der Waals surface area contributed by atoms with Gasteiger partial charge >= 0.3 is 0 Å². The monoisotopic (exact) mass is 249 g/mol. The van der Waals surface area contributed by atoms with Gasteiger partial charge in [-0.15, -0.1) is 0 Å². The van der Waals surface area contributed by atoms with E-state index in [2.05, 4.69) is 21.2 Å². The molecule has 18 heavy (non-hydrogen) atoms. The largest absolute Gasteiger partial charge is 0.380 e. The van der Waals surface area contributed by atoms with Crippen molar-refractivity contribution in [2.45, 2.75) is 31.6 Å². The Labute approximate surface area is 109 Å². The number of hydrogen-bond donors (Lipinski definition) is 1. The lowest BCUT2D eigenvalue weighted by Crippen LogP contribution is -2.36. The van der Waals surface area contributed by atoms with E-state index in [0.717, 1.165) is 32.2 Å². The maximum absolute atomic E-state index is 5.72. The molecule has 0 spiro atoms. The molecular formula is C14H23N3O. The molecule has 2 heterocycles. The minimum absolute atomic E-state index is 0.629. The predicted molar refractivity (Wildman–Crippen MR) is 70.5 cm³/mol. The van der Waals surface area contributed by atoms with E-state index in [1.807, 2.05) is 6.20 Å². The normalized spacial score (nSPS) is 25.4. The molecule has 1 aromatic rings. The second-order valence-electron chi connectivity index (χ2n) is 5.67. The molecule has 3 rings (SSSR count). The zero-order valence-corrected chi connectivity index (χ0v) is 11.0. The maximum atomic E-state index is 5.72. The molecule has 1 saturated heterocycles. The van der Waals surface area contributed by atoms with E-state index in [-0.39, 0.29) is 0 Å². The van der Waals surface area contributed by atoms with Crippen LogP contribution in [-0.4, -0.2) is 47.9 Å². The van der Waals surface area contributed by atoms with Crippen molar-refractivity contribution in [3.63, 3.8) is 0 Å². The smallest absolute Gasteiger partial charge is 0.0593 e. The van der Waals surface area contributed by atoms with E-state index in [9.17, 15) is 0 Å². The lowest BCUT2D eigenvalue weighted by atomic mass is 9.95. The summed E-state index contributed by atoms with van der Waals surface area (Å²) in [6.45, 7) is 5.33. The molecule has 4 nitrogen and oxygen atoms in total. The summed E-state index contributed by atoms with van der Waals surface area (Å²) in [6.07, 6.45) is 7.18. The molecule has 100 valence electrons. The summed E-state index contributed by atoms with van der Waals surface area (Å²) in [6, 6.07) is 2.11. The zero-order chi connectivity index (χ0) is 12.2. The molecule has 0 amide bonds. The first-order valence-corrected chi connectivity index (χ1v) is 7.21. The number of hydrogen-bond acceptors (Lipinski definition) is 3. The number of nitrogens with zero attached hydrogens (tertiary/aromatic N) is 2. The van der Waals surface area contributed by atoms with Crippen LogP contribution in [0.3, 0.4) is 0 Å². The van der Waals surface area contributed by atoms with Crippen LogP contribution in [0, 0.1) is 5.92 Å². The molecule has 1 atom stereocenters. The third kappa shape index (κ3) is 3.33. The van der Waals surface area contributed by atoms with Gasteiger partial charge in [0.2, 0.25) is 0 Å². The van der Waals surface area contributed by atoms with Crippen molar-refractivity contribution < 1.29 is 4.74 Å². The van der Waals surface area contributed by atoms with Crippen LogP contribution in [0.1, 0.15) is 37.3 Å². The van der Waals surface area contributed by atoms with Crippen LogP contribution in [0.2, 0.25) is 0 Å². The van der Waals surface area contributed by atoms with Crippen molar-refractivity contribution in [2.75, 3.05) is 32.8 Å². The molecule has 1 unspecified atom stereocenters. The van der Waals surface area contributed by atoms with Crippen molar-refractivity contribution in [2.24, 2.45) is 5.92 Å². The predicted octanol–water partition coefficient (Wildman–Crippen LogP) is 2.02. The van der Waals surface area contributed by atoms with Crippen LogP contribution >= 0.6 is 0 Å². The summed E-state index contributed by atoms with van der Waals surface area (Å²) in [5.41, 5.74) is 1.29. The van der Waals surface area contributed by atoms with Crippen LogP contribution < -0.4 is 0 Å². The van der Waals surface area contributed by atoms with Gasteiger partial charge in [-0.05, 0) is 44.2 Å². The summed E-state index contributed by atoms with van der Waals surface area (Å²) in [4.78, 5) is 2.53. The third-order valence-electron chi connectivity index (χ3n) is 4.07. The van der Waals surface area contributed by atoms with Gasteiger partial charge < -0.3 is 9.64 Å². The number of piperidine rings is 1. The van der Waals surface area contributed by atoms with Crippen molar-refractivity contribution in [1.82, 2.24) is 15.1 Å². The summed E-state index contributed by atoms with van der Waals surface area (Å²) in [5, 5.41) is 7.17. The Balaban J connectivity index is 1.39. The topological polar surface area (TPSA) is 41.1 Å². The fourth-order valence-corrected chi connectivity index (χ4v) is 2.73. The first-order valence-electron chi connectivity index (χ1n) is 7.21. The van der Waals surface area contributed by atoms with E-state index in [0.29, 0.717) is 5.92 Å². The van der Waals surface area contributed by atoms with Crippen molar-refractivity contribution in [1.29, 1.82) is 0 Å². The molecule has 1 saturated carbocycles. The zero-order valence-electron chi connectivity index (χ0n) is 11.0. The van der Waals surface area contributed by atoms with Gasteiger partial charge in [-0.2, -0.15) is 5.10 Å². The Bertz CT molecular complexity index is 348. The van der Waals surface area contributed by atoms with Gasteiger partial charge in [-0.3, -0.25) is 5.10 Å². The molecule has 1 aromatic heterocycles. The van der Waals surface area contributed by atoms with Gasteiger partial charge in [-0.25, -0.2) is 0 Å². The molecule has 1 aliphatic heterocycles. The summed E-state index contributed by atoms with van der Waals surface area (Å²) < 4.78 is 5.72. The first-order chi connectivity index (χ1) is 8.92. The fraction of sp³-hybridized carbons (Fsp3) is 0.786. The van der Waals surface area contributed by atoms with Gasteiger partial charge in [0, 0.05) is 37.5 Å². The molecule has 0 aromatic carbocycles. The highest BCUT2D eigenvalue weighted by Crippen LogP contribution is 2.29.